The van der Waals surface area contributed by atoms with Crippen molar-refractivity contribution in [1.82, 2.24) is 4.90 Å². The predicted molar refractivity (Wildman–Crippen MR) is 208 cm³/mol. The molecular weight excluding hydrogens is 595 g/mol. The van der Waals surface area contributed by atoms with Crippen LogP contribution in [0.5, 0.6) is 0 Å². The second-order valence-electron chi connectivity index (χ2n) is 14.9. The van der Waals surface area contributed by atoms with Gasteiger partial charge in [0.15, 0.2) is 0 Å². The molecular formula is C47H57NO. The molecule has 6 aliphatic rings. The van der Waals surface area contributed by atoms with E-state index in [1.807, 2.05) is 0 Å². The van der Waals surface area contributed by atoms with Crippen molar-refractivity contribution in [2.75, 3.05) is 0 Å². The number of furan rings is 1. The highest BCUT2D eigenvalue weighted by atomic mass is 16.3. The molecule has 1 unspecified atom stereocenters. The van der Waals surface area contributed by atoms with Gasteiger partial charge in [-0.25, -0.2) is 0 Å². The van der Waals surface area contributed by atoms with Crippen molar-refractivity contribution >= 4 is 6.08 Å². The number of allylic oxidation sites excluding steroid dienone is 19. The summed E-state index contributed by atoms with van der Waals surface area (Å²) < 4.78 is 6.47. The van der Waals surface area contributed by atoms with Gasteiger partial charge >= 0.3 is 0 Å². The molecule has 2 heteroatoms. The quantitative estimate of drug-likeness (QED) is 0.221. The van der Waals surface area contributed by atoms with Gasteiger partial charge in [-0.15, -0.1) is 0 Å². The highest BCUT2D eigenvalue weighted by Crippen LogP contribution is 2.46. The first-order valence-corrected chi connectivity index (χ1v) is 19.6. The smallest absolute Gasteiger partial charge is 0.130 e. The summed E-state index contributed by atoms with van der Waals surface area (Å²) >= 11 is 0. The van der Waals surface area contributed by atoms with E-state index >= 15 is 0 Å². The van der Waals surface area contributed by atoms with Crippen LogP contribution in [0, 0.1) is 24.7 Å². The SMILES string of the molecule is CC/C=C\c1oc(CC[C@@H](C)C2=CC=C(N(C3=CC=CCC3)[C@H]3C=CC(C4=CCCC5=C4C=CCC5)=CC3)[C@@H]3CCC=CC23)c(C)c1CC. The number of aryl methyl sites for hydroxylation is 1. The van der Waals surface area contributed by atoms with Gasteiger partial charge in [-0.1, -0.05) is 105 Å². The summed E-state index contributed by atoms with van der Waals surface area (Å²) in [6, 6.07) is 0.344. The molecule has 6 aliphatic carbocycles. The fraction of sp³-hybridized carbons (Fsp3) is 0.447. The Hall–Kier alpha value is -3.78. The van der Waals surface area contributed by atoms with E-state index in [1.165, 1.54) is 77.1 Å². The van der Waals surface area contributed by atoms with Gasteiger partial charge in [-0.3, -0.25) is 0 Å². The van der Waals surface area contributed by atoms with Crippen molar-refractivity contribution in [2.45, 2.75) is 117 Å². The van der Waals surface area contributed by atoms with Crippen LogP contribution >= 0.6 is 0 Å². The maximum atomic E-state index is 6.47. The molecule has 0 saturated heterocycles. The monoisotopic (exact) mass is 651 g/mol. The van der Waals surface area contributed by atoms with Crippen molar-refractivity contribution in [2.24, 2.45) is 17.8 Å². The molecule has 256 valence electrons. The van der Waals surface area contributed by atoms with Crippen LogP contribution in [0.3, 0.4) is 0 Å². The summed E-state index contributed by atoms with van der Waals surface area (Å²) in [4.78, 5) is 2.76. The Kier molecular flexibility index (Phi) is 10.6. The van der Waals surface area contributed by atoms with Crippen molar-refractivity contribution < 1.29 is 4.42 Å². The van der Waals surface area contributed by atoms with E-state index < -0.39 is 0 Å². The Bertz CT molecular complexity index is 1750. The molecule has 0 radical (unpaired) electrons. The first kappa shape index (κ1) is 33.7. The third-order valence-corrected chi connectivity index (χ3v) is 11.9. The lowest BCUT2D eigenvalue weighted by Crippen LogP contribution is -2.40. The second-order valence-corrected chi connectivity index (χ2v) is 14.9. The van der Waals surface area contributed by atoms with E-state index in [-0.39, 0.29) is 0 Å². The molecule has 0 aromatic carbocycles. The Morgan fingerprint density at radius 3 is 2.61 bits per heavy atom. The summed E-state index contributed by atoms with van der Waals surface area (Å²) in [6.07, 6.45) is 50.8. The Balaban J connectivity index is 1.14. The van der Waals surface area contributed by atoms with Crippen molar-refractivity contribution in [1.29, 1.82) is 0 Å². The summed E-state index contributed by atoms with van der Waals surface area (Å²) in [5.74, 6) is 3.73. The molecule has 0 saturated carbocycles. The molecule has 1 aromatic heterocycles. The van der Waals surface area contributed by atoms with Crippen LogP contribution < -0.4 is 0 Å². The van der Waals surface area contributed by atoms with Crippen LogP contribution in [0.15, 0.2) is 129 Å². The predicted octanol–water partition coefficient (Wildman–Crippen LogP) is 12.7. The normalized spacial score (nSPS) is 25.4. The van der Waals surface area contributed by atoms with Gasteiger partial charge in [-0.2, -0.15) is 0 Å². The molecule has 4 atom stereocenters. The third kappa shape index (κ3) is 6.99. The highest BCUT2D eigenvalue weighted by Gasteiger charge is 2.37. The standard InChI is InChI=1S/C47H57NO/c1-5-7-24-47-39(6-2)34(4)46(49-47)32-25-33(3)40-30-31-45(44-22-14-13-21-43(40)44)48(37-18-9-8-10-19-37)38-28-26-36(27-29-38)42-23-15-17-35-16-11-12-20-41(35)42/h7-9,12-13,18,20-21,23-24,26-28,30-31,33,38,43-44H,5-6,10-11,14-17,19,22,25,29,32H2,1-4H3/b24-7-/t33-,38+,43?,44-/m1/s1. The van der Waals surface area contributed by atoms with E-state index in [9.17, 15) is 0 Å². The number of hydrogen-bond donors (Lipinski definition) is 0. The van der Waals surface area contributed by atoms with Crippen LogP contribution in [0.1, 0.15) is 114 Å². The topological polar surface area (TPSA) is 16.4 Å². The van der Waals surface area contributed by atoms with E-state index in [1.54, 1.807) is 11.1 Å². The van der Waals surface area contributed by atoms with Crippen LogP contribution in [0.4, 0.5) is 0 Å². The number of hydrogen-bond acceptors (Lipinski definition) is 2. The first-order valence-electron chi connectivity index (χ1n) is 19.6. The summed E-state index contributed by atoms with van der Waals surface area (Å²) in [7, 11) is 0. The van der Waals surface area contributed by atoms with Gasteiger partial charge in [0.1, 0.15) is 11.5 Å². The average molecular weight is 652 g/mol. The summed E-state index contributed by atoms with van der Waals surface area (Å²) in [5, 5.41) is 0. The van der Waals surface area contributed by atoms with E-state index in [2.05, 4.69) is 124 Å². The lowest BCUT2D eigenvalue weighted by Gasteiger charge is -2.45. The molecule has 0 fully saturated rings. The highest BCUT2D eigenvalue weighted by molar-refractivity contribution is 5.60. The van der Waals surface area contributed by atoms with Gasteiger partial charge < -0.3 is 9.32 Å². The largest absolute Gasteiger partial charge is 0.461 e. The lowest BCUT2D eigenvalue weighted by molar-refractivity contribution is 0.267. The molecule has 7 rings (SSSR count). The van der Waals surface area contributed by atoms with Crippen LogP contribution in [-0.2, 0) is 12.8 Å². The van der Waals surface area contributed by atoms with Crippen LogP contribution in [0.2, 0.25) is 0 Å². The summed E-state index contributed by atoms with van der Waals surface area (Å²) in [5.41, 5.74) is 13.4. The number of fused-ring (bicyclic) bond motifs is 1. The second kappa shape index (κ2) is 15.4. The molecule has 0 amide bonds. The Morgan fingerprint density at radius 1 is 0.939 bits per heavy atom. The van der Waals surface area contributed by atoms with Gasteiger partial charge in [-0.05, 0) is 130 Å². The minimum Gasteiger partial charge on any atom is -0.461 e. The number of rotatable bonds is 11. The maximum Gasteiger partial charge on any atom is 0.130 e. The van der Waals surface area contributed by atoms with Gasteiger partial charge in [0.05, 0.1) is 6.04 Å². The molecule has 1 aromatic rings. The molecule has 0 aliphatic heterocycles. The zero-order valence-electron chi connectivity index (χ0n) is 30.5. The van der Waals surface area contributed by atoms with Gasteiger partial charge in [0.2, 0.25) is 0 Å². The maximum absolute atomic E-state index is 6.47. The Morgan fingerprint density at radius 2 is 1.82 bits per heavy atom. The fourth-order valence-electron chi connectivity index (χ4n) is 9.24. The molecule has 2 nitrogen and oxygen atoms in total. The summed E-state index contributed by atoms with van der Waals surface area (Å²) in [6.45, 7) is 9.14. The third-order valence-electron chi connectivity index (χ3n) is 11.9. The molecule has 1 heterocycles. The first-order chi connectivity index (χ1) is 24.1. The fourth-order valence-corrected chi connectivity index (χ4v) is 9.24. The zero-order chi connectivity index (χ0) is 33.7. The lowest BCUT2D eigenvalue weighted by atomic mass is 9.70. The minimum absolute atomic E-state index is 0.344. The zero-order valence-corrected chi connectivity index (χ0v) is 30.5. The Labute approximate surface area is 296 Å². The van der Waals surface area contributed by atoms with Crippen molar-refractivity contribution in [3.63, 3.8) is 0 Å². The average Bonchev–Trinajstić information content (AvgIpc) is 3.47. The van der Waals surface area contributed by atoms with Crippen LogP contribution in [0.25, 0.3) is 6.08 Å². The molecule has 0 N–H and O–H groups in total. The minimum atomic E-state index is 0.344. The van der Waals surface area contributed by atoms with E-state index in [0.717, 1.165) is 57.1 Å². The van der Waals surface area contributed by atoms with Crippen molar-refractivity contribution in [3.05, 3.63) is 147 Å². The van der Waals surface area contributed by atoms with Crippen molar-refractivity contribution in [3.8, 4) is 0 Å². The molecule has 49 heavy (non-hydrogen) atoms. The van der Waals surface area contributed by atoms with Gasteiger partial charge in [0.25, 0.3) is 0 Å². The van der Waals surface area contributed by atoms with Gasteiger partial charge in [0, 0.05) is 35.2 Å². The van der Waals surface area contributed by atoms with Crippen LogP contribution in [-0.4, -0.2) is 10.9 Å². The molecule has 0 bridgehead atoms. The molecule has 0 spiro atoms. The number of nitrogens with zero attached hydrogens (tertiary/aromatic N) is 1. The van der Waals surface area contributed by atoms with E-state index in [0.29, 0.717) is 23.8 Å². The van der Waals surface area contributed by atoms with E-state index in [4.69, 9.17) is 4.42 Å².